The SMILES string of the molecule is COc1ccc([C@H](NC(=O)Cc2coc3cc(OC)ccc23)C(C)C)cc1. The molecule has 0 aliphatic carbocycles. The lowest BCUT2D eigenvalue weighted by Gasteiger charge is -2.23. The van der Waals surface area contributed by atoms with Crippen LogP contribution in [0, 0.1) is 5.92 Å². The van der Waals surface area contributed by atoms with Crippen LogP contribution in [0.5, 0.6) is 11.5 Å². The topological polar surface area (TPSA) is 60.7 Å². The van der Waals surface area contributed by atoms with E-state index in [1.54, 1.807) is 20.5 Å². The van der Waals surface area contributed by atoms with Crippen LogP contribution in [0.25, 0.3) is 11.0 Å². The summed E-state index contributed by atoms with van der Waals surface area (Å²) in [4.78, 5) is 12.7. The van der Waals surface area contributed by atoms with Crippen molar-refractivity contribution >= 4 is 16.9 Å². The molecule has 0 aliphatic rings. The maximum absolute atomic E-state index is 12.7. The molecular formula is C22H25NO4. The molecule has 5 nitrogen and oxygen atoms in total. The van der Waals surface area contributed by atoms with Crippen LogP contribution in [-0.4, -0.2) is 20.1 Å². The van der Waals surface area contributed by atoms with Gasteiger partial charge in [-0.25, -0.2) is 0 Å². The van der Waals surface area contributed by atoms with Crippen molar-refractivity contribution in [3.8, 4) is 11.5 Å². The zero-order chi connectivity index (χ0) is 19.4. The Morgan fingerprint density at radius 2 is 1.70 bits per heavy atom. The summed E-state index contributed by atoms with van der Waals surface area (Å²) in [5.74, 6) is 1.75. The minimum Gasteiger partial charge on any atom is -0.497 e. The van der Waals surface area contributed by atoms with Gasteiger partial charge in [0, 0.05) is 17.0 Å². The maximum atomic E-state index is 12.7. The molecular weight excluding hydrogens is 342 g/mol. The van der Waals surface area contributed by atoms with Gasteiger partial charge in [0.25, 0.3) is 0 Å². The van der Waals surface area contributed by atoms with E-state index >= 15 is 0 Å². The van der Waals surface area contributed by atoms with E-state index in [9.17, 15) is 4.79 Å². The molecule has 0 spiro atoms. The Hall–Kier alpha value is -2.95. The van der Waals surface area contributed by atoms with Gasteiger partial charge < -0.3 is 19.2 Å². The number of carbonyl (C=O) groups is 1. The highest BCUT2D eigenvalue weighted by Gasteiger charge is 2.20. The lowest BCUT2D eigenvalue weighted by molar-refractivity contribution is -0.121. The summed E-state index contributed by atoms with van der Waals surface area (Å²) in [6, 6.07) is 13.3. The highest BCUT2D eigenvalue weighted by molar-refractivity contribution is 5.88. The molecule has 0 unspecified atom stereocenters. The van der Waals surface area contributed by atoms with E-state index in [0.717, 1.165) is 28.0 Å². The fraction of sp³-hybridized carbons (Fsp3) is 0.318. The number of nitrogens with one attached hydrogen (secondary N) is 1. The van der Waals surface area contributed by atoms with Crippen LogP contribution < -0.4 is 14.8 Å². The standard InChI is InChI=1S/C22H25NO4/c1-14(2)22(15-5-7-17(25-3)8-6-15)23-21(24)11-16-13-27-20-12-18(26-4)9-10-19(16)20/h5-10,12-14,22H,11H2,1-4H3,(H,23,24)/t22-/m1/s1. The molecule has 0 saturated heterocycles. The van der Waals surface area contributed by atoms with E-state index in [1.165, 1.54) is 0 Å². The minimum atomic E-state index is -0.0679. The van der Waals surface area contributed by atoms with Crippen molar-refractivity contribution in [3.05, 3.63) is 59.9 Å². The molecule has 0 saturated carbocycles. The Morgan fingerprint density at radius 1 is 1.04 bits per heavy atom. The van der Waals surface area contributed by atoms with Crippen molar-refractivity contribution in [2.24, 2.45) is 5.92 Å². The molecule has 142 valence electrons. The Bertz CT molecular complexity index is 912. The molecule has 5 heteroatoms. The second kappa shape index (κ2) is 8.16. The highest BCUT2D eigenvalue weighted by Crippen LogP contribution is 2.27. The lowest BCUT2D eigenvalue weighted by atomic mass is 9.95. The van der Waals surface area contributed by atoms with Crippen LogP contribution in [0.15, 0.2) is 53.1 Å². The van der Waals surface area contributed by atoms with Crippen LogP contribution in [0.3, 0.4) is 0 Å². The summed E-state index contributed by atoms with van der Waals surface area (Å²) < 4.78 is 16.0. The fourth-order valence-corrected chi connectivity index (χ4v) is 3.17. The van der Waals surface area contributed by atoms with Gasteiger partial charge in [-0.1, -0.05) is 26.0 Å². The molecule has 2 aromatic carbocycles. The summed E-state index contributed by atoms with van der Waals surface area (Å²) in [5.41, 5.74) is 2.64. The molecule has 3 aromatic rings. The number of ether oxygens (including phenoxy) is 2. The number of hydrogen-bond donors (Lipinski definition) is 1. The molecule has 1 atom stereocenters. The highest BCUT2D eigenvalue weighted by atomic mass is 16.5. The van der Waals surface area contributed by atoms with Crippen molar-refractivity contribution < 1.29 is 18.7 Å². The third kappa shape index (κ3) is 4.25. The number of rotatable bonds is 7. The van der Waals surface area contributed by atoms with Gasteiger partial charge in [0.15, 0.2) is 0 Å². The summed E-state index contributed by atoms with van der Waals surface area (Å²) in [7, 11) is 3.26. The first-order chi connectivity index (χ1) is 13.0. The van der Waals surface area contributed by atoms with Gasteiger partial charge in [-0.3, -0.25) is 4.79 Å². The molecule has 3 rings (SSSR count). The third-order valence-electron chi connectivity index (χ3n) is 4.67. The monoisotopic (exact) mass is 367 g/mol. The average Bonchev–Trinajstić information content (AvgIpc) is 3.07. The number of benzene rings is 2. The first-order valence-electron chi connectivity index (χ1n) is 8.99. The van der Waals surface area contributed by atoms with Gasteiger partial charge in [-0.2, -0.15) is 0 Å². The van der Waals surface area contributed by atoms with Gasteiger partial charge in [-0.05, 0) is 35.7 Å². The van der Waals surface area contributed by atoms with E-state index in [2.05, 4.69) is 19.2 Å². The van der Waals surface area contributed by atoms with Crippen LogP contribution in [0.1, 0.15) is 31.0 Å². The minimum absolute atomic E-state index is 0.0389. The Kier molecular flexibility index (Phi) is 5.69. The first kappa shape index (κ1) is 18.8. The predicted octanol–water partition coefficient (Wildman–Crippen LogP) is 4.51. The van der Waals surface area contributed by atoms with E-state index in [0.29, 0.717) is 5.58 Å². The molecule has 0 bridgehead atoms. The molecule has 0 fully saturated rings. The molecule has 1 amide bonds. The normalized spacial score (nSPS) is 12.2. The Labute approximate surface area is 159 Å². The van der Waals surface area contributed by atoms with E-state index in [4.69, 9.17) is 13.9 Å². The number of methoxy groups -OCH3 is 2. The third-order valence-corrected chi connectivity index (χ3v) is 4.67. The zero-order valence-corrected chi connectivity index (χ0v) is 16.1. The molecule has 1 N–H and O–H groups in total. The predicted molar refractivity (Wildman–Crippen MR) is 105 cm³/mol. The maximum Gasteiger partial charge on any atom is 0.225 e. The number of furan rings is 1. The summed E-state index contributed by atoms with van der Waals surface area (Å²) in [6.45, 7) is 4.18. The fourth-order valence-electron chi connectivity index (χ4n) is 3.17. The number of carbonyl (C=O) groups excluding carboxylic acids is 1. The van der Waals surface area contributed by atoms with Gasteiger partial charge in [0.2, 0.25) is 5.91 Å². The van der Waals surface area contributed by atoms with E-state index in [-0.39, 0.29) is 24.3 Å². The average molecular weight is 367 g/mol. The number of fused-ring (bicyclic) bond motifs is 1. The quantitative estimate of drug-likeness (QED) is 0.668. The van der Waals surface area contributed by atoms with Gasteiger partial charge in [0.05, 0.1) is 32.9 Å². The second-order valence-corrected chi connectivity index (χ2v) is 6.86. The van der Waals surface area contributed by atoms with Crippen molar-refractivity contribution in [3.63, 3.8) is 0 Å². The smallest absolute Gasteiger partial charge is 0.225 e. The molecule has 0 radical (unpaired) electrons. The first-order valence-corrected chi connectivity index (χ1v) is 8.99. The Balaban J connectivity index is 1.74. The number of amides is 1. The molecule has 27 heavy (non-hydrogen) atoms. The molecule has 1 heterocycles. The van der Waals surface area contributed by atoms with E-state index in [1.807, 2.05) is 42.5 Å². The van der Waals surface area contributed by atoms with Gasteiger partial charge in [0.1, 0.15) is 17.1 Å². The van der Waals surface area contributed by atoms with Crippen molar-refractivity contribution in [2.45, 2.75) is 26.3 Å². The zero-order valence-electron chi connectivity index (χ0n) is 16.1. The molecule has 0 aliphatic heterocycles. The molecule has 1 aromatic heterocycles. The lowest BCUT2D eigenvalue weighted by Crippen LogP contribution is -2.32. The summed E-state index contributed by atoms with van der Waals surface area (Å²) in [5, 5.41) is 4.08. The van der Waals surface area contributed by atoms with Gasteiger partial charge in [-0.15, -0.1) is 0 Å². The van der Waals surface area contributed by atoms with Gasteiger partial charge >= 0.3 is 0 Å². The Morgan fingerprint density at radius 3 is 2.33 bits per heavy atom. The summed E-state index contributed by atoms with van der Waals surface area (Å²) in [6.07, 6.45) is 1.90. The van der Waals surface area contributed by atoms with Crippen LogP contribution in [-0.2, 0) is 11.2 Å². The largest absolute Gasteiger partial charge is 0.497 e. The van der Waals surface area contributed by atoms with Crippen LogP contribution in [0.4, 0.5) is 0 Å². The van der Waals surface area contributed by atoms with Crippen LogP contribution >= 0.6 is 0 Å². The van der Waals surface area contributed by atoms with Crippen molar-refractivity contribution in [2.75, 3.05) is 14.2 Å². The van der Waals surface area contributed by atoms with Crippen molar-refractivity contribution in [1.82, 2.24) is 5.32 Å². The van der Waals surface area contributed by atoms with Crippen LogP contribution in [0.2, 0.25) is 0 Å². The summed E-state index contributed by atoms with van der Waals surface area (Å²) >= 11 is 0. The number of hydrogen-bond acceptors (Lipinski definition) is 4. The van der Waals surface area contributed by atoms with Crippen molar-refractivity contribution in [1.29, 1.82) is 0 Å². The second-order valence-electron chi connectivity index (χ2n) is 6.86. The van der Waals surface area contributed by atoms with E-state index < -0.39 is 0 Å².